The maximum atomic E-state index is 14.0. The van der Waals surface area contributed by atoms with Crippen molar-refractivity contribution < 1.29 is 34.0 Å². The quantitative estimate of drug-likeness (QED) is 0.461. The number of aliphatic carboxylic acids is 1. The first kappa shape index (κ1) is 20.8. The number of carboxylic acids is 1. The molecular formula is C20H18FN3O6. The smallest absolute Gasteiger partial charge is 0.335 e. The lowest BCUT2D eigenvalue weighted by atomic mass is 10.00. The van der Waals surface area contributed by atoms with Crippen molar-refractivity contribution in [2.75, 3.05) is 7.11 Å². The fourth-order valence-corrected chi connectivity index (χ4v) is 2.89. The third-order valence-electron chi connectivity index (χ3n) is 4.33. The van der Waals surface area contributed by atoms with Gasteiger partial charge in [-0.1, -0.05) is 30.3 Å². The number of nitrogens with one attached hydrogen (secondary N) is 1. The fraction of sp³-hybridized carbons (Fsp3) is 0.150. The number of nitrogens with zero attached hydrogens (tertiary/aromatic N) is 2. The predicted molar refractivity (Wildman–Crippen MR) is 102 cm³/mol. The average Bonchev–Trinajstić information content (AvgIpc) is 3.13. The number of hydrogen-bond donors (Lipinski definition) is 4. The largest absolute Gasteiger partial charge is 0.496 e. The lowest BCUT2D eigenvalue weighted by Crippen LogP contribution is -2.40. The van der Waals surface area contributed by atoms with E-state index in [1.807, 2.05) is 0 Å². The number of carboxylic acid groups (broad SMARTS) is 1. The highest BCUT2D eigenvalue weighted by atomic mass is 19.1. The number of ether oxygens (including phenoxy) is 1. The van der Waals surface area contributed by atoms with Crippen LogP contribution in [-0.2, 0) is 4.79 Å². The van der Waals surface area contributed by atoms with Crippen LogP contribution in [0.1, 0.15) is 22.1 Å². The van der Waals surface area contributed by atoms with Gasteiger partial charge in [-0.3, -0.25) is 4.79 Å². The zero-order valence-corrected chi connectivity index (χ0v) is 15.7. The topological polar surface area (TPSA) is 134 Å². The Labute approximate surface area is 170 Å². The van der Waals surface area contributed by atoms with E-state index in [4.69, 9.17) is 4.74 Å². The molecule has 4 N–H and O–H groups in total. The number of carbonyl (C=O) groups is 2. The number of para-hydroxylation sites is 2. The van der Waals surface area contributed by atoms with Crippen LogP contribution in [0.2, 0.25) is 0 Å². The molecule has 0 aliphatic carbocycles. The van der Waals surface area contributed by atoms with Gasteiger partial charge in [0.1, 0.15) is 17.3 Å². The van der Waals surface area contributed by atoms with Gasteiger partial charge in [0.15, 0.2) is 11.8 Å². The van der Waals surface area contributed by atoms with Gasteiger partial charge >= 0.3 is 5.97 Å². The number of benzene rings is 2. The van der Waals surface area contributed by atoms with Crippen LogP contribution >= 0.6 is 0 Å². The first-order valence-electron chi connectivity index (χ1n) is 8.72. The van der Waals surface area contributed by atoms with Gasteiger partial charge in [0.25, 0.3) is 5.91 Å². The predicted octanol–water partition coefficient (Wildman–Crippen LogP) is 1.64. The van der Waals surface area contributed by atoms with Crippen LogP contribution in [-0.4, -0.2) is 50.2 Å². The second-order valence-corrected chi connectivity index (χ2v) is 6.23. The molecule has 0 saturated carbocycles. The van der Waals surface area contributed by atoms with Crippen molar-refractivity contribution >= 4 is 11.9 Å². The summed E-state index contributed by atoms with van der Waals surface area (Å²) in [4.78, 5) is 24.1. The first-order valence-corrected chi connectivity index (χ1v) is 8.72. The summed E-state index contributed by atoms with van der Waals surface area (Å²) in [6.45, 7) is 0. The molecule has 3 aromatic rings. The van der Waals surface area contributed by atoms with Crippen molar-refractivity contribution in [3.05, 3.63) is 71.7 Å². The zero-order chi connectivity index (χ0) is 21.8. The molecule has 2 atom stereocenters. The summed E-state index contributed by atoms with van der Waals surface area (Å²) in [7, 11) is 1.36. The number of aliphatic hydroxyl groups is 1. The number of hydrogen-bond acceptors (Lipinski definition) is 6. The van der Waals surface area contributed by atoms with Gasteiger partial charge in [-0.2, -0.15) is 9.78 Å². The van der Waals surface area contributed by atoms with Crippen molar-refractivity contribution in [2.45, 2.75) is 12.1 Å². The number of halogens is 1. The molecule has 1 heterocycles. The second-order valence-electron chi connectivity index (χ2n) is 6.23. The van der Waals surface area contributed by atoms with E-state index in [0.29, 0.717) is 0 Å². The molecule has 0 aliphatic rings. The molecule has 2 aromatic carbocycles. The van der Waals surface area contributed by atoms with Gasteiger partial charge in [-0.15, -0.1) is 0 Å². The van der Waals surface area contributed by atoms with Crippen molar-refractivity contribution in [1.29, 1.82) is 0 Å². The van der Waals surface area contributed by atoms with Gasteiger partial charge in [0, 0.05) is 11.6 Å². The van der Waals surface area contributed by atoms with Crippen molar-refractivity contribution in [2.24, 2.45) is 0 Å². The monoisotopic (exact) mass is 415 g/mol. The lowest BCUT2D eigenvalue weighted by Gasteiger charge is -2.23. The molecule has 10 heteroatoms. The summed E-state index contributed by atoms with van der Waals surface area (Å²) in [6, 6.07) is 11.4. The second kappa shape index (κ2) is 8.62. The highest BCUT2D eigenvalue weighted by Gasteiger charge is 2.32. The lowest BCUT2D eigenvalue weighted by molar-refractivity contribution is -0.148. The maximum absolute atomic E-state index is 14.0. The van der Waals surface area contributed by atoms with Crippen molar-refractivity contribution in [3.8, 4) is 17.3 Å². The molecule has 0 bridgehead atoms. The molecule has 156 valence electrons. The summed E-state index contributed by atoms with van der Waals surface area (Å²) in [6.07, 6.45) is -1.99. The third-order valence-corrected chi connectivity index (χ3v) is 4.33. The normalized spacial score (nSPS) is 12.8. The summed E-state index contributed by atoms with van der Waals surface area (Å²) >= 11 is 0. The molecule has 1 aromatic heterocycles. The summed E-state index contributed by atoms with van der Waals surface area (Å²) in [5, 5.41) is 35.7. The first-order chi connectivity index (χ1) is 14.3. The van der Waals surface area contributed by atoms with Gasteiger partial charge in [-0.05, 0) is 18.2 Å². The van der Waals surface area contributed by atoms with Crippen LogP contribution in [0, 0.1) is 5.82 Å². The molecule has 0 unspecified atom stereocenters. The summed E-state index contributed by atoms with van der Waals surface area (Å²) in [5.74, 6) is -3.38. The molecule has 1 amide bonds. The molecule has 9 nitrogen and oxygen atoms in total. The SMILES string of the molecule is COc1ccccc1[C@@H](NC(=O)c1cc(O)n(-c2ccccc2F)n1)[C@@H](O)C(=O)O. The molecule has 0 radical (unpaired) electrons. The average molecular weight is 415 g/mol. The number of methoxy groups -OCH3 is 1. The van der Waals surface area contributed by atoms with E-state index in [0.717, 1.165) is 16.8 Å². The minimum Gasteiger partial charge on any atom is -0.496 e. The minimum absolute atomic E-state index is 0.0825. The Bertz CT molecular complexity index is 1080. The number of carbonyl (C=O) groups excluding carboxylic acids is 1. The van der Waals surface area contributed by atoms with E-state index in [9.17, 15) is 29.3 Å². The summed E-state index contributed by atoms with van der Waals surface area (Å²) in [5.41, 5.74) is -0.171. The number of amides is 1. The van der Waals surface area contributed by atoms with Crippen LogP contribution in [0.5, 0.6) is 11.6 Å². The molecule has 3 rings (SSSR count). The van der Waals surface area contributed by atoms with Gasteiger partial charge in [0.05, 0.1) is 13.2 Å². The van der Waals surface area contributed by atoms with E-state index in [1.165, 1.54) is 31.4 Å². The summed E-state index contributed by atoms with van der Waals surface area (Å²) < 4.78 is 20.0. The van der Waals surface area contributed by atoms with E-state index < -0.39 is 35.7 Å². The van der Waals surface area contributed by atoms with Crippen LogP contribution < -0.4 is 10.1 Å². The van der Waals surface area contributed by atoms with Crippen LogP contribution in [0.15, 0.2) is 54.6 Å². The molecule has 0 aliphatic heterocycles. The maximum Gasteiger partial charge on any atom is 0.335 e. The Balaban J connectivity index is 1.94. The Kier molecular flexibility index (Phi) is 5.98. The number of rotatable bonds is 7. The van der Waals surface area contributed by atoms with Crippen molar-refractivity contribution in [3.63, 3.8) is 0 Å². The van der Waals surface area contributed by atoms with E-state index >= 15 is 0 Å². The molecular weight excluding hydrogens is 397 g/mol. The fourth-order valence-electron chi connectivity index (χ4n) is 2.89. The molecule has 0 spiro atoms. The van der Waals surface area contributed by atoms with E-state index in [2.05, 4.69) is 10.4 Å². The van der Waals surface area contributed by atoms with E-state index in [1.54, 1.807) is 18.2 Å². The number of aliphatic hydroxyl groups excluding tert-OH is 1. The zero-order valence-electron chi connectivity index (χ0n) is 15.7. The van der Waals surface area contributed by atoms with Crippen molar-refractivity contribution in [1.82, 2.24) is 15.1 Å². The number of aromatic hydroxyl groups is 1. The highest BCUT2D eigenvalue weighted by molar-refractivity contribution is 5.93. The number of aromatic nitrogens is 2. The van der Waals surface area contributed by atoms with Crippen LogP contribution in [0.3, 0.4) is 0 Å². The Hall–Kier alpha value is -3.92. The van der Waals surface area contributed by atoms with Crippen LogP contribution in [0.4, 0.5) is 4.39 Å². The van der Waals surface area contributed by atoms with Gasteiger partial charge in [-0.25, -0.2) is 9.18 Å². The van der Waals surface area contributed by atoms with E-state index in [-0.39, 0.29) is 22.7 Å². The molecule has 30 heavy (non-hydrogen) atoms. The van der Waals surface area contributed by atoms with Gasteiger partial charge in [0.2, 0.25) is 5.88 Å². The third kappa shape index (κ3) is 4.08. The standard InChI is InChI=1S/C20H18FN3O6/c1-30-15-9-5-2-6-11(15)17(18(26)20(28)29)22-19(27)13-10-16(25)24(23-13)14-8-4-3-7-12(14)21/h2-10,17-18,25-26H,1H3,(H,22,27)(H,28,29)/t17-,18-/m1/s1. The highest BCUT2D eigenvalue weighted by Crippen LogP contribution is 2.28. The van der Waals surface area contributed by atoms with Crippen LogP contribution in [0.25, 0.3) is 5.69 Å². The molecule has 0 fully saturated rings. The Morgan fingerprint density at radius 1 is 1.17 bits per heavy atom. The minimum atomic E-state index is -1.99. The molecule has 0 saturated heterocycles. The Morgan fingerprint density at radius 2 is 1.83 bits per heavy atom. The Morgan fingerprint density at radius 3 is 2.50 bits per heavy atom. The van der Waals surface area contributed by atoms with Gasteiger partial charge < -0.3 is 25.4 Å².